The van der Waals surface area contributed by atoms with E-state index in [1.165, 1.54) is 14.0 Å². The van der Waals surface area contributed by atoms with Gasteiger partial charge in [-0.25, -0.2) is 0 Å². The van der Waals surface area contributed by atoms with Crippen LogP contribution in [0.4, 0.5) is 0 Å². The van der Waals surface area contributed by atoms with E-state index in [-0.39, 0.29) is 11.9 Å². The molecule has 0 aliphatic carbocycles. The van der Waals surface area contributed by atoms with Crippen LogP contribution in [0.2, 0.25) is 0 Å². The summed E-state index contributed by atoms with van der Waals surface area (Å²) in [6.45, 7) is 1.50. The van der Waals surface area contributed by atoms with Crippen molar-refractivity contribution in [3.8, 4) is 0 Å². The average Bonchev–Trinajstić information content (AvgIpc) is 1.82. The summed E-state index contributed by atoms with van der Waals surface area (Å²) in [5, 5.41) is 0. The van der Waals surface area contributed by atoms with Crippen molar-refractivity contribution < 1.29 is 9.53 Å². The summed E-state index contributed by atoms with van der Waals surface area (Å²) in [6.07, 6.45) is 0.301. The van der Waals surface area contributed by atoms with Gasteiger partial charge < -0.3 is 4.74 Å². The van der Waals surface area contributed by atoms with Crippen molar-refractivity contribution in [2.24, 2.45) is 0 Å². The molecule has 0 aromatic carbocycles. The summed E-state index contributed by atoms with van der Waals surface area (Å²) in [7, 11) is 1.51. The fraction of sp³-hybridized carbons (Fsp3) is 0.833. The van der Waals surface area contributed by atoms with Gasteiger partial charge in [0.2, 0.25) is 0 Å². The number of carbonyl (C=O) groups excluding carboxylic acids is 1. The van der Waals surface area contributed by atoms with Crippen LogP contribution >= 0.6 is 11.6 Å². The van der Waals surface area contributed by atoms with Crippen LogP contribution in [0.3, 0.4) is 0 Å². The zero-order valence-corrected chi connectivity index (χ0v) is 6.44. The Morgan fingerprint density at radius 2 is 2.33 bits per heavy atom. The molecule has 0 aromatic heterocycles. The van der Waals surface area contributed by atoms with E-state index < -0.39 is 0 Å². The van der Waals surface area contributed by atoms with Crippen molar-refractivity contribution >= 4 is 17.4 Å². The lowest BCUT2D eigenvalue weighted by Gasteiger charge is -2.07. The third-order valence-electron chi connectivity index (χ3n) is 1.11. The summed E-state index contributed by atoms with van der Waals surface area (Å²) < 4.78 is 4.82. The summed E-state index contributed by atoms with van der Waals surface area (Å²) in [5.41, 5.74) is 0. The molecule has 9 heavy (non-hydrogen) atoms. The van der Waals surface area contributed by atoms with E-state index in [0.29, 0.717) is 12.3 Å². The third kappa shape index (κ3) is 3.49. The molecule has 0 amide bonds. The molecule has 0 bridgehead atoms. The lowest BCUT2D eigenvalue weighted by Crippen LogP contribution is -2.20. The van der Waals surface area contributed by atoms with E-state index in [0.717, 1.165) is 0 Å². The lowest BCUT2D eigenvalue weighted by atomic mass is 10.2. The van der Waals surface area contributed by atoms with E-state index in [1.54, 1.807) is 0 Å². The molecule has 1 atom stereocenters. The molecule has 0 fully saturated rings. The maximum Gasteiger partial charge on any atom is 0.158 e. The van der Waals surface area contributed by atoms with Gasteiger partial charge in [0.1, 0.15) is 6.10 Å². The highest BCUT2D eigenvalue weighted by atomic mass is 35.5. The highest BCUT2D eigenvalue weighted by Gasteiger charge is 2.10. The van der Waals surface area contributed by atoms with E-state index in [2.05, 4.69) is 0 Å². The largest absolute Gasteiger partial charge is 0.374 e. The average molecular weight is 151 g/mol. The molecule has 0 N–H and O–H groups in total. The van der Waals surface area contributed by atoms with Gasteiger partial charge in [-0.2, -0.15) is 0 Å². The molecule has 0 radical (unpaired) electrons. The number of hydrogen-bond acceptors (Lipinski definition) is 2. The van der Waals surface area contributed by atoms with Crippen LogP contribution < -0.4 is 0 Å². The molecule has 0 heterocycles. The van der Waals surface area contributed by atoms with Gasteiger partial charge in [0.15, 0.2) is 5.78 Å². The van der Waals surface area contributed by atoms with Gasteiger partial charge in [-0.1, -0.05) is 0 Å². The fourth-order valence-electron chi connectivity index (χ4n) is 0.586. The van der Waals surface area contributed by atoms with Gasteiger partial charge in [-0.05, 0) is 13.3 Å². The molecule has 0 saturated heterocycles. The minimum Gasteiger partial charge on any atom is -0.374 e. The predicted molar refractivity (Wildman–Crippen MR) is 36.8 cm³/mol. The van der Waals surface area contributed by atoms with Crippen molar-refractivity contribution in [3.05, 3.63) is 0 Å². The molecule has 0 aliphatic rings. The Hall–Kier alpha value is -0.0800. The summed E-state index contributed by atoms with van der Waals surface area (Å²) in [4.78, 5) is 10.6. The van der Waals surface area contributed by atoms with Crippen molar-refractivity contribution in [3.63, 3.8) is 0 Å². The van der Waals surface area contributed by atoms with Gasteiger partial charge >= 0.3 is 0 Å². The highest BCUT2D eigenvalue weighted by Crippen LogP contribution is 1.99. The molecule has 0 saturated carbocycles. The van der Waals surface area contributed by atoms with Crippen LogP contribution in [0.5, 0.6) is 0 Å². The van der Waals surface area contributed by atoms with Gasteiger partial charge in [-0.3, -0.25) is 4.79 Å². The Morgan fingerprint density at radius 1 is 1.78 bits per heavy atom. The van der Waals surface area contributed by atoms with E-state index in [9.17, 15) is 4.79 Å². The number of alkyl halides is 1. The van der Waals surface area contributed by atoms with Crippen molar-refractivity contribution in [2.45, 2.75) is 19.4 Å². The number of hydrogen-bond donors (Lipinski definition) is 0. The van der Waals surface area contributed by atoms with Crippen LogP contribution in [-0.2, 0) is 9.53 Å². The maximum absolute atomic E-state index is 10.6. The molecule has 1 unspecified atom stereocenters. The zero-order valence-electron chi connectivity index (χ0n) is 5.69. The Bertz CT molecular complexity index is 93.1. The quantitative estimate of drug-likeness (QED) is 0.564. The molecule has 0 aliphatic heterocycles. The Labute approximate surface area is 60.1 Å². The minimum absolute atomic E-state index is 0.0400. The molecule has 3 heteroatoms. The minimum atomic E-state index is -0.303. The Balaban J connectivity index is 3.54. The molecular formula is C6H11ClO2. The zero-order chi connectivity index (χ0) is 7.28. The topological polar surface area (TPSA) is 26.3 Å². The number of ketones is 1. The van der Waals surface area contributed by atoms with Crippen LogP contribution in [0.25, 0.3) is 0 Å². The molecule has 54 valence electrons. The van der Waals surface area contributed by atoms with Crippen molar-refractivity contribution in [2.75, 3.05) is 13.0 Å². The van der Waals surface area contributed by atoms with Gasteiger partial charge in [0.05, 0.1) is 0 Å². The van der Waals surface area contributed by atoms with Crippen molar-refractivity contribution in [1.29, 1.82) is 0 Å². The lowest BCUT2D eigenvalue weighted by molar-refractivity contribution is -0.126. The predicted octanol–water partition coefficient (Wildman–Crippen LogP) is 1.22. The second-order valence-electron chi connectivity index (χ2n) is 1.81. The third-order valence-corrected chi connectivity index (χ3v) is 1.33. The monoisotopic (exact) mass is 150 g/mol. The summed E-state index contributed by atoms with van der Waals surface area (Å²) in [6, 6.07) is 0. The molecular weight excluding hydrogens is 140 g/mol. The van der Waals surface area contributed by atoms with Crippen molar-refractivity contribution in [1.82, 2.24) is 0 Å². The van der Waals surface area contributed by atoms with Crippen LogP contribution in [0.1, 0.15) is 13.3 Å². The fourth-order valence-corrected chi connectivity index (χ4v) is 0.784. The number of methoxy groups -OCH3 is 1. The smallest absolute Gasteiger partial charge is 0.158 e. The standard InChI is InChI=1S/C6H11ClO2/c1-5(8)6(9-2)3-4-7/h6H,3-4H2,1-2H3. The van der Waals surface area contributed by atoms with E-state index >= 15 is 0 Å². The first kappa shape index (κ1) is 8.92. The highest BCUT2D eigenvalue weighted by molar-refractivity contribution is 6.18. The molecule has 0 rings (SSSR count). The normalized spacial score (nSPS) is 13.2. The second kappa shape index (κ2) is 4.77. The molecule has 0 spiro atoms. The SMILES string of the molecule is COC(CCCl)C(C)=O. The van der Waals surface area contributed by atoms with Gasteiger partial charge in [0, 0.05) is 13.0 Å². The number of Topliss-reactive ketones (excluding diaryl/α,β-unsaturated/α-hetero) is 1. The number of ether oxygens (including phenoxy) is 1. The van der Waals surface area contributed by atoms with Gasteiger partial charge in [-0.15, -0.1) is 11.6 Å². The Morgan fingerprint density at radius 3 is 2.44 bits per heavy atom. The van der Waals surface area contributed by atoms with Gasteiger partial charge in [0.25, 0.3) is 0 Å². The number of carbonyl (C=O) groups is 1. The summed E-state index contributed by atoms with van der Waals surface area (Å²) in [5.74, 6) is 0.510. The van der Waals surface area contributed by atoms with Crippen LogP contribution in [0.15, 0.2) is 0 Å². The molecule has 0 aromatic rings. The first-order valence-electron chi connectivity index (χ1n) is 2.81. The van der Waals surface area contributed by atoms with Crippen LogP contribution in [-0.4, -0.2) is 24.9 Å². The van der Waals surface area contributed by atoms with E-state index in [1.807, 2.05) is 0 Å². The maximum atomic E-state index is 10.6. The Kier molecular flexibility index (Phi) is 4.72. The number of rotatable bonds is 4. The first-order valence-corrected chi connectivity index (χ1v) is 3.35. The summed E-state index contributed by atoms with van der Waals surface area (Å²) >= 11 is 5.39. The van der Waals surface area contributed by atoms with E-state index in [4.69, 9.17) is 16.3 Å². The molecule has 2 nitrogen and oxygen atoms in total. The number of halogens is 1. The second-order valence-corrected chi connectivity index (χ2v) is 2.19. The van der Waals surface area contributed by atoms with Crippen LogP contribution in [0, 0.1) is 0 Å². The first-order chi connectivity index (χ1) is 4.22.